The lowest BCUT2D eigenvalue weighted by molar-refractivity contribution is -0.125. The quantitative estimate of drug-likeness (QED) is 0.652. The second kappa shape index (κ2) is 7.87. The van der Waals surface area contributed by atoms with Crippen LogP contribution >= 0.6 is 0 Å². The number of nitrogens with zero attached hydrogens (tertiary/aromatic N) is 2. The van der Waals surface area contributed by atoms with Gasteiger partial charge >= 0.3 is 5.97 Å². The number of rotatable bonds is 6. The van der Waals surface area contributed by atoms with Crippen LogP contribution in [0.15, 0.2) is 59.4 Å². The Kier molecular flexibility index (Phi) is 5.12. The third-order valence-electron chi connectivity index (χ3n) is 5.05. The molecule has 1 saturated carbocycles. The van der Waals surface area contributed by atoms with Gasteiger partial charge in [-0.2, -0.15) is 9.78 Å². The van der Waals surface area contributed by atoms with Crippen LogP contribution in [-0.4, -0.2) is 34.3 Å². The number of para-hydroxylation sites is 1. The van der Waals surface area contributed by atoms with Crippen molar-refractivity contribution in [2.24, 2.45) is 5.92 Å². The molecule has 4 rings (SSSR count). The van der Waals surface area contributed by atoms with Crippen LogP contribution in [0, 0.1) is 5.92 Å². The van der Waals surface area contributed by atoms with E-state index in [1.807, 2.05) is 13.0 Å². The van der Waals surface area contributed by atoms with Gasteiger partial charge in [0.25, 0.3) is 11.5 Å². The monoisotopic (exact) mass is 391 g/mol. The van der Waals surface area contributed by atoms with Crippen LogP contribution in [0.5, 0.6) is 0 Å². The molecule has 0 unspecified atom stereocenters. The SMILES string of the molecule is C[C@H](NC(=O)COC(=O)c1nn(-c2ccccc2)c(=O)c2ccccc12)C1CC1. The number of hydrogen-bond acceptors (Lipinski definition) is 5. The van der Waals surface area contributed by atoms with Crippen LogP contribution in [-0.2, 0) is 9.53 Å². The molecule has 1 N–H and O–H groups in total. The summed E-state index contributed by atoms with van der Waals surface area (Å²) in [6.45, 7) is 1.55. The van der Waals surface area contributed by atoms with E-state index in [2.05, 4.69) is 10.4 Å². The smallest absolute Gasteiger partial charge is 0.359 e. The summed E-state index contributed by atoms with van der Waals surface area (Å²) in [4.78, 5) is 37.6. The Hall–Kier alpha value is -3.48. The Balaban J connectivity index is 1.62. The minimum Gasteiger partial charge on any atom is -0.451 e. The van der Waals surface area contributed by atoms with Gasteiger partial charge in [-0.3, -0.25) is 9.59 Å². The third kappa shape index (κ3) is 4.03. The van der Waals surface area contributed by atoms with Crippen molar-refractivity contribution >= 4 is 22.6 Å². The predicted octanol–water partition coefficient (Wildman–Crippen LogP) is 2.46. The molecule has 1 heterocycles. The zero-order valence-corrected chi connectivity index (χ0v) is 16.0. The van der Waals surface area contributed by atoms with E-state index < -0.39 is 12.6 Å². The van der Waals surface area contributed by atoms with E-state index in [-0.39, 0.29) is 23.2 Å². The molecule has 1 aliphatic carbocycles. The molecule has 29 heavy (non-hydrogen) atoms. The van der Waals surface area contributed by atoms with Gasteiger partial charge in [0.05, 0.1) is 11.1 Å². The summed E-state index contributed by atoms with van der Waals surface area (Å²) >= 11 is 0. The van der Waals surface area contributed by atoms with Crippen LogP contribution in [0.1, 0.15) is 30.3 Å². The van der Waals surface area contributed by atoms with Gasteiger partial charge in [-0.15, -0.1) is 0 Å². The van der Waals surface area contributed by atoms with E-state index in [1.165, 1.54) is 4.68 Å². The van der Waals surface area contributed by atoms with Crippen LogP contribution in [0.3, 0.4) is 0 Å². The fourth-order valence-electron chi connectivity index (χ4n) is 3.29. The molecule has 1 amide bonds. The van der Waals surface area contributed by atoms with E-state index in [0.29, 0.717) is 22.4 Å². The molecule has 7 heteroatoms. The summed E-state index contributed by atoms with van der Waals surface area (Å²) in [5.74, 6) is -0.590. The first kappa shape index (κ1) is 18.9. The number of benzene rings is 2. The minimum absolute atomic E-state index is 0.00732. The molecule has 1 fully saturated rings. The lowest BCUT2D eigenvalue weighted by atomic mass is 10.1. The number of hydrogen-bond donors (Lipinski definition) is 1. The maximum absolute atomic E-state index is 12.8. The van der Waals surface area contributed by atoms with Gasteiger partial charge in [0.15, 0.2) is 12.3 Å². The molecular formula is C22H21N3O4. The molecule has 7 nitrogen and oxygen atoms in total. The minimum atomic E-state index is -0.750. The van der Waals surface area contributed by atoms with Gasteiger partial charge in [-0.25, -0.2) is 4.79 Å². The Labute approximate surface area is 167 Å². The van der Waals surface area contributed by atoms with Crippen molar-refractivity contribution in [2.45, 2.75) is 25.8 Å². The molecule has 3 aromatic rings. The summed E-state index contributed by atoms with van der Waals surface area (Å²) in [5.41, 5.74) is 0.194. The zero-order valence-electron chi connectivity index (χ0n) is 16.0. The number of aromatic nitrogens is 2. The number of fused-ring (bicyclic) bond motifs is 1. The summed E-state index contributed by atoms with van der Waals surface area (Å²) in [7, 11) is 0. The number of carbonyl (C=O) groups excluding carboxylic acids is 2. The lowest BCUT2D eigenvalue weighted by Gasteiger charge is -2.13. The molecule has 148 valence electrons. The fraction of sp³-hybridized carbons (Fsp3) is 0.273. The number of nitrogens with one attached hydrogen (secondary N) is 1. The highest BCUT2D eigenvalue weighted by molar-refractivity contribution is 6.02. The fourth-order valence-corrected chi connectivity index (χ4v) is 3.29. The lowest BCUT2D eigenvalue weighted by Crippen LogP contribution is -2.37. The van der Waals surface area contributed by atoms with Crippen molar-refractivity contribution in [1.29, 1.82) is 0 Å². The molecule has 1 atom stereocenters. The van der Waals surface area contributed by atoms with Crippen LogP contribution in [0.4, 0.5) is 0 Å². The largest absolute Gasteiger partial charge is 0.451 e. The van der Waals surface area contributed by atoms with Gasteiger partial charge in [-0.05, 0) is 43.9 Å². The first-order chi connectivity index (χ1) is 14.0. The number of carbonyl (C=O) groups is 2. The second-order valence-corrected chi connectivity index (χ2v) is 7.22. The van der Waals surface area contributed by atoms with Gasteiger partial charge in [0.2, 0.25) is 0 Å². The standard InChI is InChI=1S/C22H21N3O4/c1-14(15-11-12-15)23-19(26)13-29-22(28)20-17-9-5-6-10-18(17)21(27)25(24-20)16-7-3-2-4-8-16/h2-10,14-15H,11-13H2,1H3,(H,23,26)/t14-/m0/s1. The molecule has 0 saturated heterocycles. The Morgan fingerprint density at radius 3 is 2.45 bits per heavy atom. The maximum atomic E-state index is 12.8. The molecule has 0 radical (unpaired) electrons. The zero-order chi connectivity index (χ0) is 20.4. The summed E-state index contributed by atoms with van der Waals surface area (Å²) in [6.07, 6.45) is 2.22. The first-order valence-electron chi connectivity index (χ1n) is 9.58. The van der Waals surface area contributed by atoms with Crippen molar-refractivity contribution in [3.8, 4) is 5.69 Å². The molecule has 1 aromatic heterocycles. The van der Waals surface area contributed by atoms with E-state index in [9.17, 15) is 14.4 Å². The van der Waals surface area contributed by atoms with Crippen LogP contribution < -0.4 is 10.9 Å². The summed E-state index contributed by atoms with van der Waals surface area (Å²) in [6, 6.07) is 15.6. The second-order valence-electron chi connectivity index (χ2n) is 7.22. The van der Waals surface area contributed by atoms with Gasteiger partial charge in [0.1, 0.15) is 0 Å². The number of ether oxygens (including phenoxy) is 1. The highest BCUT2D eigenvalue weighted by Crippen LogP contribution is 2.32. The van der Waals surface area contributed by atoms with Crippen molar-refractivity contribution in [1.82, 2.24) is 15.1 Å². The van der Waals surface area contributed by atoms with Crippen LogP contribution in [0.2, 0.25) is 0 Å². The van der Waals surface area contributed by atoms with Gasteiger partial charge in [-0.1, -0.05) is 36.4 Å². The summed E-state index contributed by atoms with van der Waals surface area (Å²) in [5, 5.41) is 7.83. The van der Waals surface area contributed by atoms with Gasteiger partial charge < -0.3 is 10.1 Å². The normalized spacial score (nSPS) is 14.4. The van der Waals surface area contributed by atoms with E-state index in [1.54, 1.807) is 48.5 Å². The topological polar surface area (TPSA) is 90.3 Å². The van der Waals surface area contributed by atoms with Crippen molar-refractivity contribution in [3.05, 3.63) is 70.6 Å². The third-order valence-corrected chi connectivity index (χ3v) is 5.05. The molecule has 0 spiro atoms. The van der Waals surface area contributed by atoms with Crippen molar-refractivity contribution < 1.29 is 14.3 Å². The molecule has 0 aliphatic heterocycles. The van der Waals surface area contributed by atoms with Crippen molar-refractivity contribution in [3.63, 3.8) is 0 Å². The first-order valence-corrected chi connectivity index (χ1v) is 9.58. The molecule has 1 aliphatic rings. The average Bonchev–Trinajstić information content (AvgIpc) is 3.59. The van der Waals surface area contributed by atoms with E-state index >= 15 is 0 Å². The Morgan fingerprint density at radius 2 is 1.76 bits per heavy atom. The Morgan fingerprint density at radius 1 is 1.10 bits per heavy atom. The number of amides is 1. The van der Waals surface area contributed by atoms with E-state index in [4.69, 9.17) is 4.74 Å². The molecular weight excluding hydrogens is 370 g/mol. The summed E-state index contributed by atoms with van der Waals surface area (Å²) < 4.78 is 6.38. The molecule has 2 aromatic carbocycles. The van der Waals surface area contributed by atoms with Crippen LogP contribution in [0.25, 0.3) is 16.5 Å². The van der Waals surface area contributed by atoms with Gasteiger partial charge in [0, 0.05) is 11.4 Å². The van der Waals surface area contributed by atoms with Crippen molar-refractivity contribution in [2.75, 3.05) is 6.61 Å². The highest BCUT2D eigenvalue weighted by atomic mass is 16.5. The van der Waals surface area contributed by atoms with E-state index in [0.717, 1.165) is 12.8 Å². The highest BCUT2D eigenvalue weighted by Gasteiger charge is 2.29. The maximum Gasteiger partial charge on any atom is 0.359 e. The predicted molar refractivity (Wildman–Crippen MR) is 108 cm³/mol. The Bertz CT molecular complexity index is 1120. The molecule has 0 bridgehead atoms. The average molecular weight is 391 g/mol. The number of esters is 1.